The zero-order valence-corrected chi connectivity index (χ0v) is 9.42. The van der Waals surface area contributed by atoms with Crippen molar-refractivity contribution in [3.05, 3.63) is 0 Å². The smallest absolute Gasteiger partial charge is 0.0936 e. The van der Waals surface area contributed by atoms with Gasteiger partial charge in [-0.3, -0.25) is 0 Å². The van der Waals surface area contributed by atoms with Gasteiger partial charge in [-0.2, -0.15) is 0 Å². The molecule has 0 aromatic heterocycles. The summed E-state index contributed by atoms with van der Waals surface area (Å²) < 4.78 is 5.26. The molecule has 0 aromatic rings. The van der Waals surface area contributed by atoms with Crippen molar-refractivity contribution >= 4 is 0 Å². The standard InChI is InChI=1S/C11H23NO/c1-9(2)5-12(6-10(3)4)7-11-8-13-11/h9-11H,5-8H2,1-4H3. The van der Waals surface area contributed by atoms with Crippen LogP contribution in [0.15, 0.2) is 0 Å². The first-order chi connectivity index (χ1) is 6.08. The van der Waals surface area contributed by atoms with E-state index in [1.165, 1.54) is 13.1 Å². The predicted molar refractivity (Wildman–Crippen MR) is 55.9 cm³/mol. The number of epoxide rings is 1. The van der Waals surface area contributed by atoms with Gasteiger partial charge in [0.25, 0.3) is 0 Å². The minimum atomic E-state index is 0.539. The summed E-state index contributed by atoms with van der Waals surface area (Å²) in [5.41, 5.74) is 0. The van der Waals surface area contributed by atoms with Gasteiger partial charge >= 0.3 is 0 Å². The van der Waals surface area contributed by atoms with Crippen molar-refractivity contribution in [2.75, 3.05) is 26.2 Å². The second-order valence-electron chi connectivity index (χ2n) is 4.96. The lowest BCUT2D eigenvalue weighted by molar-refractivity contribution is 0.199. The molecule has 1 heterocycles. The van der Waals surface area contributed by atoms with E-state index >= 15 is 0 Å². The molecule has 0 spiro atoms. The van der Waals surface area contributed by atoms with E-state index in [2.05, 4.69) is 32.6 Å². The summed E-state index contributed by atoms with van der Waals surface area (Å²) in [5, 5.41) is 0. The van der Waals surface area contributed by atoms with Crippen LogP contribution in [-0.2, 0) is 4.74 Å². The third kappa shape index (κ3) is 5.27. The summed E-state index contributed by atoms with van der Waals surface area (Å²) in [7, 11) is 0. The van der Waals surface area contributed by atoms with E-state index in [9.17, 15) is 0 Å². The van der Waals surface area contributed by atoms with Crippen LogP contribution in [0.5, 0.6) is 0 Å². The first kappa shape index (κ1) is 11.0. The summed E-state index contributed by atoms with van der Waals surface area (Å²) in [4.78, 5) is 2.53. The molecule has 1 aliphatic rings. The van der Waals surface area contributed by atoms with Gasteiger partial charge in [-0.15, -0.1) is 0 Å². The van der Waals surface area contributed by atoms with Crippen LogP contribution in [0.25, 0.3) is 0 Å². The lowest BCUT2D eigenvalue weighted by Gasteiger charge is -2.25. The number of nitrogens with zero attached hydrogens (tertiary/aromatic N) is 1. The van der Waals surface area contributed by atoms with Gasteiger partial charge in [-0.25, -0.2) is 0 Å². The highest BCUT2D eigenvalue weighted by molar-refractivity contribution is 4.75. The molecule has 0 bridgehead atoms. The molecular weight excluding hydrogens is 162 g/mol. The second kappa shape index (κ2) is 4.97. The van der Waals surface area contributed by atoms with Gasteiger partial charge in [0.1, 0.15) is 0 Å². The molecule has 2 heteroatoms. The number of ether oxygens (including phenoxy) is 1. The lowest BCUT2D eigenvalue weighted by atomic mass is 10.1. The fraction of sp³-hybridized carbons (Fsp3) is 1.00. The zero-order valence-electron chi connectivity index (χ0n) is 9.42. The molecule has 0 radical (unpaired) electrons. The molecule has 1 atom stereocenters. The third-order valence-electron chi connectivity index (χ3n) is 2.11. The van der Waals surface area contributed by atoms with Crippen LogP contribution in [0, 0.1) is 11.8 Å². The minimum Gasteiger partial charge on any atom is -0.372 e. The maximum absolute atomic E-state index is 5.26. The molecule has 0 aromatic carbocycles. The summed E-state index contributed by atoms with van der Waals surface area (Å²) >= 11 is 0. The molecule has 78 valence electrons. The van der Waals surface area contributed by atoms with Crippen LogP contribution in [0.1, 0.15) is 27.7 Å². The highest BCUT2D eigenvalue weighted by Crippen LogP contribution is 2.13. The van der Waals surface area contributed by atoms with Gasteiger partial charge in [-0.05, 0) is 11.8 Å². The summed E-state index contributed by atoms with van der Waals surface area (Å²) in [5.74, 6) is 1.52. The topological polar surface area (TPSA) is 15.8 Å². The number of hydrogen-bond acceptors (Lipinski definition) is 2. The monoisotopic (exact) mass is 185 g/mol. The van der Waals surface area contributed by atoms with Crippen LogP contribution in [-0.4, -0.2) is 37.2 Å². The van der Waals surface area contributed by atoms with E-state index < -0.39 is 0 Å². The van der Waals surface area contributed by atoms with E-state index in [0.717, 1.165) is 25.0 Å². The fourth-order valence-corrected chi connectivity index (χ4v) is 1.72. The Bertz CT molecular complexity index is 126. The van der Waals surface area contributed by atoms with Crippen molar-refractivity contribution in [2.45, 2.75) is 33.8 Å². The van der Waals surface area contributed by atoms with Crippen molar-refractivity contribution in [1.29, 1.82) is 0 Å². The Balaban J connectivity index is 2.23. The first-order valence-corrected chi connectivity index (χ1v) is 5.42. The van der Waals surface area contributed by atoms with Gasteiger partial charge in [-0.1, -0.05) is 27.7 Å². The molecule has 0 N–H and O–H groups in total. The van der Waals surface area contributed by atoms with Crippen LogP contribution in [0.4, 0.5) is 0 Å². The van der Waals surface area contributed by atoms with Gasteiger partial charge in [0, 0.05) is 19.6 Å². The Labute approximate surface area is 82.3 Å². The minimum absolute atomic E-state index is 0.539. The maximum Gasteiger partial charge on any atom is 0.0936 e. The summed E-state index contributed by atoms with van der Waals surface area (Å²) in [6.45, 7) is 13.6. The molecule has 0 amide bonds. The Hall–Kier alpha value is -0.0800. The Morgan fingerprint density at radius 1 is 1.15 bits per heavy atom. The normalized spacial score (nSPS) is 21.9. The van der Waals surface area contributed by atoms with Crippen molar-refractivity contribution in [2.24, 2.45) is 11.8 Å². The van der Waals surface area contributed by atoms with Crippen molar-refractivity contribution in [3.63, 3.8) is 0 Å². The van der Waals surface area contributed by atoms with Crippen LogP contribution >= 0.6 is 0 Å². The molecule has 1 saturated heterocycles. The SMILES string of the molecule is CC(C)CN(CC(C)C)CC1CO1. The highest BCUT2D eigenvalue weighted by atomic mass is 16.6. The Morgan fingerprint density at radius 2 is 1.62 bits per heavy atom. The largest absolute Gasteiger partial charge is 0.372 e. The van der Waals surface area contributed by atoms with Crippen LogP contribution in [0.3, 0.4) is 0 Å². The zero-order chi connectivity index (χ0) is 9.84. The number of hydrogen-bond donors (Lipinski definition) is 0. The van der Waals surface area contributed by atoms with Gasteiger partial charge in [0.15, 0.2) is 0 Å². The number of rotatable bonds is 6. The molecule has 1 aliphatic heterocycles. The third-order valence-corrected chi connectivity index (χ3v) is 2.11. The van der Waals surface area contributed by atoms with E-state index in [0.29, 0.717) is 6.10 Å². The molecule has 13 heavy (non-hydrogen) atoms. The quantitative estimate of drug-likeness (QED) is 0.588. The molecule has 1 unspecified atom stereocenters. The van der Waals surface area contributed by atoms with Crippen LogP contribution in [0.2, 0.25) is 0 Å². The molecule has 1 fully saturated rings. The van der Waals surface area contributed by atoms with E-state index in [1.54, 1.807) is 0 Å². The van der Waals surface area contributed by atoms with E-state index in [1.807, 2.05) is 0 Å². The van der Waals surface area contributed by atoms with Gasteiger partial charge in [0.2, 0.25) is 0 Å². The van der Waals surface area contributed by atoms with Crippen molar-refractivity contribution in [3.8, 4) is 0 Å². The van der Waals surface area contributed by atoms with Crippen LogP contribution < -0.4 is 0 Å². The molecule has 1 rings (SSSR count). The highest BCUT2D eigenvalue weighted by Gasteiger charge is 2.25. The Morgan fingerprint density at radius 3 is 1.92 bits per heavy atom. The van der Waals surface area contributed by atoms with Crippen molar-refractivity contribution in [1.82, 2.24) is 4.90 Å². The molecule has 0 saturated carbocycles. The Kier molecular flexibility index (Phi) is 4.20. The summed E-state index contributed by atoms with van der Waals surface area (Å²) in [6, 6.07) is 0. The fourth-order valence-electron chi connectivity index (χ4n) is 1.72. The summed E-state index contributed by atoms with van der Waals surface area (Å²) in [6.07, 6.45) is 0.539. The predicted octanol–water partition coefficient (Wildman–Crippen LogP) is 2.00. The van der Waals surface area contributed by atoms with E-state index in [-0.39, 0.29) is 0 Å². The van der Waals surface area contributed by atoms with Gasteiger partial charge in [0.05, 0.1) is 12.7 Å². The average molecular weight is 185 g/mol. The first-order valence-electron chi connectivity index (χ1n) is 5.42. The molecular formula is C11H23NO. The van der Waals surface area contributed by atoms with Crippen molar-refractivity contribution < 1.29 is 4.74 Å². The second-order valence-corrected chi connectivity index (χ2v) is 4.96. The van der Waals surface area contributed by atoms with Gasteiger partial charge < -0.3 is 9.64 Å². The van der Waals surface area contributed by atoms with E-state index in [4.69, 9.17) is 4.74 Å². The average Bonchev–Trinajstić information content (AvgIpc) is 2.67. The lowest BCUT2D eigenvalue weighted by Crippen LogP contribution is -2.34. The molecule has 2 nitrogen and oxygen atoms in total. The molecule has 0 aliphatic carbocycles. The maximum atomic E-state index is 5.26.